The zero-order valence-electron chi connectivity index (χ0n) is 23.5. The van der Waals surface area contributed by atoms with Gasteiger partial charge >= 0.3 is 0 Å². The molecule has 210 valence electrons. The fourth-order valence-electron chi connectivity index (χ4n) is 5.71. The van der Waals surface area contributed by atoms with Crippen molar-refractivity contribution >= 4 is 34.1 Å². The van der Waals surface area contributed by atoms with E-state index in [9.17, 15) is 18.8 Å². The number of furan rings is 1. The molecule has 6 rings (SSSR count). The van der Waals surface area contributed by atoms with E-state index in [0.717, 1.165) is 18.4 Å². The number of halogens is 1. The fourth-order valence-corrected chi connectivity index (χ4v) is 5.71. The molecule has 1 aliphatic rings. The Morgan fingerprint density at radius 1 is 0.857 bits per heavy atom. The summed E-state index contributed by atoms with van der Waals surface area (Å²) in [5.41, 5.74) is 4.96. The van der Waals surface area contributed by atoms with E-state index in [4.69, 9.17) is 4.42 Å². The van der Waals surface area contributed by atoms with E-state index in [1.165, 1.54) is 24.6 Å². The minimum absolute atomic E-state index is 0.0594. The van der Waals surface area contributed by atoms with Gasteiger partial charge in [0.05, 0.1) is 11.3 Å². The SMILES string of the molecule is CCC(=O)c1c(-c2ccc(F)cc2)oc2cc(NC(C)=O)c(-c3cccc(C(=O)CC4(c5ccccc5)CC4)c3)cc12. The highest BCUT2D eigenvalue weighted by Crippen LogP contribution is 2.51. The second-order valence-corrected chi connectivity index (χ2v) is 11.0. The van der Waals surface area contributed by atoms with Gasteiger partial charge in [-0.25, -0.2) is 4.39 Å². The number of nitrogens with one attached hydrogen (secondary N) is 1. The van der Waals surface area contributed by atoms with Crippen LogP contribution in [0.15, 0.2) is 95.4 Å². The molecule has 1 heterocycles. The number of hydrogen-bond donors (Lipinski definition) is 1. The van der Waals surface area contributed by atoms with Gasteiger partial charge in [0.25, 0.3) is 0 Å². The number of hydrogen-bond acceptors (Lipinski definition) is 4. The van der Waals surface area contributed by atoms with Crippen LogP contribution >= 0.6 is 0 Å². The molecular formula is C36H30FNO4. The lowest BCUT2D eigenvalue weighted by Gasteiger charge is -2.16. The van der Waals surface area contributed by atoms with Crippen molar-refractivity contribution in [1.82, 2.24) is 0 Å². The summed E-state index contributed by atoms with van der Waals surface area (Å²) in [5.74, 6) is -0.367. The van der Waals surface area contributed by atoms with E-state index in [-0.39, 0.29) is 35.1 Å². The van der Waals surface area contributed by atoms with Gasteiger partial charge in [-0.1, -0.05) is 55.5 Å². The molecule has 0 radical (unpaired) electrons. The van der Waals surface area contributed by atoms with Crippen molar-refractivity contribution in [3.05, 3.63) is 114 Å². The van der Waals surface area contributed by atoms with E-state index >= 15 is 0 Å². The summed E-state index contributed by atoms with van der Waals surface area (Å²) in [6.45, 7) is 3.20. The Labute approximate surface area is 243 Å². The second-order valence-electron chi connectivity index (χ2n) is 11.0. The van der Waals surface area contributed by atoms with Crippen LogP contribution < -0.4 is 5.32 Å². The molecule has 0 saturated heterocycles. The zero-order valence-corrected chi connectivity index (χ0v) is 23.5. The van der Waals surface area contributed by atoms with Crippen molar-refractivity contribution < 1.29 is 23.2 Å². The summed E-state index contributed by atoms with van der Waals surface area (Å²) in [6.07, 6.45) is 2.64. The minimum atomic E-state index is -0.390. The van der Waals surface area contributed by atoms with E-state index < -0.39 is 0 Å². The van der Waals surface area contributed by atoms with Crippen LogP contribution in [-0.4, -0.2) is 17.5 Å². The number of ketones is 2. The third-order valence-corrected chi connectivity index (χ3v) is 8.08. The number of Topliss-reactive ketones (excluding diaryl/α,β-unsaturated/α-hetero) is 2. The number of anilines is 1. The van der Waals surface area contributed by atoms with Crippen molar-refractivity contribution in [1.29, 1.82) is 0 Å². The maximum atomic E-state index is 13.7. The van der Waals surface area contributed by atoms with Crippen molar-refractivity contribution in [2.75, 3.05) is 5.32 Å². The van der Waals surface area contributed by atoms with Crippen molar-refractivity contribution in [2.45, 2.75) is 44.9 Å². The number of carbonyl (C=O) groups is 3. The first-order chi connectivity index (χ1) is 20.3. The number of carbonyl (C=O) groups excluding carboxylic acids is 3. The van der Waals surface area contributed by atoms with Crippen LogP contribution in [0.25, 0.3) is 33.4 Å². The molecule has 5 nitrogen and oxygen atoms in total. The average Bonchev–Trinajstić information content (AvgIpc) is 3.69. The van der Waals surface area contributed by atoms with Crippen LogP contribution in [-0.2, 0) is 10.2 Å². The van der Waals surface area contributed by atoms with Gasteiger partial charge in [-0.2, -0.15) is 0 Å². The molecule has 0 bridgehead atoms. The molecule has 1 aliphatic carbocycles. The summed E-state index contributed by atoms with van der Waals surface area (Å²) < 4.78 is 19.8. The van der Waals surface area contributed by atoms with Crippen LogP contribution in [0, 0.1) is 5.82 Å². The van der Waals surface area contributed by atoms with Crippen LogP contribution in [0.1, 0.15) is 65.8 Å². The standard InChI is InChI=1S/C36H30FNO4/c1-3-31(40)34-29-19-28(30(38-22(2)39)20-33(29)42-35(34)23-12-14-27(37)15-13-23)24-8-7-9-25(18-24)32(41)21-36(16-17-36)26-10-5-4-6-11-26/h4-15,18-20H,3,16-17,21H2,1-2H3,(H,38,39). The summed E-state index contributed by atoms with van der Waals surface area (Å²) in [6, 6.07) is 26.9. The maximum absolute atomic E-state index is 13.7. The molecular weight excluding hydrogens is 529 g/mol. The molecule has 1 aromatic heterocycles. The lowest BCUT2D eigenvalue weighted by Crippen LogP contribution is -2.13. The van der Waals surface area contributed by atoms with Crippen LogP contribution in [0.5, 0.6) is 0 Å². The number of benzene rings is 4. The molecule has 0 atom stereocenters. The van der Waals surface area contributed by atoms with Gasteiger partial charge in [-0.05, 0) is 60.4 Å². The summed E-state index contributed by atoms with van der Waals surface area (Å²) >= 11 is 0. The van der Waals surface area contributed by atoms with Gasteiger partial charge in [-0.15, -0.1) is 0 Å². The lowest BCUT2D eigenvalue weighted by atomic mass is 9.88. The smallest absolute Gasteiger partial charge is 0.221 e. The summed E-state index contributed by atoms with van der Waals surface area (Å²) in [7, 11) is 0. The number of rotatable bonds is 9. The zero-order chi connectivity index (χ0) is 29.4. The molecule has 0 unspecified atom stereocenters. The Hall–Kier alpha value is -4.84. The first-order valence-electron chi connectivity index (χ1n) is 14.1. The molecule has 1 amide bonds. The summed E-state index contributed by atoms with van der Waals surface area (Å²) in [5, 5.41) is 3.47. The predicted octanol–water partition coefficient (Wildman–Crippen LogP) is 8.76. The number of amides is 1. The largest absolute Gasteiger partial charge is 0.455 e. The van der Waals surface area contributed by atoms with Crippen LogP contribution in [0.2, 0.25) is 0 Å². The van der Waals surface area contributed by atoms with Crippen molar-refractivity contribution in [3.63, 3.8) is 0 Å². The molecule has 42 heavy (non-hydrogen) atoms. The van der Waals surface area contributed by atoms with E-state index in [2.05, 4.69) is 17.4 Å². The van der Waals surface area contributed by atoms with Crippen LogP contribution in [0.4, 0.5) is 10.1 Å². The van der Waals surface area contributed by atoms with Gasteiger partial charge < -0.3 is 9.73 Å². The molecule has 6 heteroatoms. The Kier molecular flexibility index (Phi) is 7.07. The van der Waals surface area contributed by atoms with Gasteiger partial charge in [-0.3, -0.25) is 14.4 Å². The first-order valence-corrected chi connectivity index (χ1v) is 14.1. The Morgan fingerprint density at radius 2 is 1.60 bits per heavy atom. The van der Waals surface area contributed by atoms with Crippen LogP contribution in [0.3, 0.4) is 0 Å². The Balaban J connectivity index is 1.44. The minimum Gasteiger partial charge on any atom is -0.455 e. The van der Waals surface area contributed by atoms with E-state index in [0.29, 0.717) is 51.1 Å². The topological polar surface area (TPSA) is 76.4 Å². The van der Waals surface area contributed by atoms with Crippen molar-refractivity contribution in [2.24, 2.45) is 0 Å². The highest BCUT2D eigenvalue weighted by atomic mass is 19.1. The third kappa shape index (κ3) is 5.16. The predicted molar refractivity (Wildman–Crippen MR) is 162 cm³/mol. The molecule has 0 aliphatic heterocycles. The second kappa shape index (κ2) is 10.9. The molecule has 4 aromatic carbocycles. The average molecular weight is 560 g/mol. The van der Waals surface area contributed by atoms with E-state index in [1.807, 2.05) is 48.5 Å². The Morgan fingerprint density at radius 3 is 2.26 bits per heavy atom. The van der Waals surface area contributed by atoms with E-state index in [1.54, 1.807) is 25.1 Å². The van der Waals surface area contributed by atoms with Gasteiger partial charge in [0.15, 0.2) is 11.6 Å². The van der Waals surface area contributed by atoms with Gasteiger partial charge in [0.1, 0.15) is 17.2 Å². The Bertz CT molecular complexity index is 1830. The lowest BCUT2D eigenvalue weighted by molar-refractivity contribution is -0.114. The van der Waals surface area contributed by atoms with Gasteiger partial charge in [0.2, 0.25) is 5.91 Å². The molecule has 1 saturated carbocycles. The van der Waals surface area contributed by atoms with Crippen molar-refractivity contribution in [3.8, 4) is 22.5 Å². The third-order valence-electron chi connectivity index (χ3n) is 8.08. The number of fused-ring (bicyclic) bond motifs is 1. The monoisotopic (exact) mass is 559 g/mol. The first kappa shape index (κ1) is 27.3. The highest BCUT2D eigenvalue weighted by molar-refractivity contribution is 6.14. The molecule has 1 N–H and O–H groups in total. The molecule has 1 fully saturated rings. The quantitative estimate of drug-likeness (QED) is 0.183. The fraction of sp³-hybridized carbons (Fsp3) is 0.194. The summed E-state index contributed by atoms with van der Waals surface area (Å²) in [4.78, 5) is 39.0. The normalized spacial score (nSPS) is 13.6. The van der Waals surface area contributed by atoms with Gasteiger partial charge in [0, 0.05) is 53.3 Å². The molecule has 0 spiro atoms. The highest BCUT2D eigenvalue weighted by Gasteiger charge is 2.45. The molecule has 5 aromatic rings. The maximum Gasteiger partial charge on any atom is 0.221 e.